The summed E-state index contributed by atoms with van der Waals surface area (Å²) in [5, 5.41) is 12.4. The van der Waals surface area contributed by atoms with Gasteiger partial charge in [0.05, 0.1) is 11.1 Å². The van der Waals surface area contributed by atoms with Crippen LogP contribution in [0.3, 0.4) is 0 Å². The summed E-state index contributed by atoms with van der Waals surface area (Å²) in [6.45, 7) is 0.639. The molecule has 7 nitrogen and oxygen atoms in total. The van der Waals surface area contributed by atoms with E-state index in [4.69, 9.17) is 19.1 Å². The highest BCUT2D eigenvalue weighted by molar-refractivity contribution is 9.10. The van der Waals surface area contributed by atoms with Crippen molar-refractivity contribution < 1.29 is 28.7 Å². The van der Waals surface area contributed by atoms with Crippen LogP contribution >= 0.6 is 15.9 Å². The van der Waals surface area contributed by atoms with Gasteiger partial charge in [-0.2, -0.15) is 0 Å². The molecule has 8 heteroatoms. The molecule has 3 rings (SSSR count). The molecule has 1 aromatic carbocycles. The number of aromatic carboxylic acids is 1. The zero-order valence-corrected chi connectivity index (χ0v) is 12.0. The summed E-state index contributed by atoms with van der Waals surface area (Å²) in [6.07, 6.45) is 0.658. The second kappa shape index (κ2) is 5.21. The van der Waals surface area contributed by atoms with Crippen molar-refractivity contribution in [2.24, 2.45) is 0 Å². The van der Waals surface area contributed by atoms with E-state index in [2.05, 4.69) is 21.1 Å². The summed E-state index contributed by atoms with van der Waals surface area (Å²) in [5.41, 5.74) is 0.565. The number of carboxylic acid groups (broad SMARTS) is 1. The van der Waals surface area contributed by atoms with E-state index >= 15 is 0 Å². The quantitative estimate of drug-likeness (QED) is 0.845. The molecule has 1 N–H and O–H groups in total. The van der Waals surface area contributed by atoms with Crippen molar-refractivity contribution in [3.63, 3.8) is 0 Å². The molecule has 1 aromatic heterocycles. The lowest BCUT2D eigenvalue weighted by Crippen LogP contribution is -2.17. The maximum Gasteiger partial charge on any atom is 0.358 e. The number of hydrogen-bond donors (Lipinski definition) is 1. The predicted octanol–water partition coefficient (Wildman–Crippen LogP) is 2.39. The lowest BCUT2D eigenvalue weighted by Gasteiger charge is -2.22. The van der Waals surface area contributed by atoms with Crippen molar-refractivity contribution in [3.8, 4) is 22.8 Å². The Morgan fingerprint density at radius 2 is 2.00 bits per heavy atom. The van der Waals surface area contributed by atoms with Crippen molar-refractivity contribution in [3.05, 3.63) is 27.9 Å². The van der Waals surface area contributed by atoms with Gasteiger partial charge < -0.3 is 19.1 Å². The van der Waals surface area contributed by atoms with E-state index in [1.54, 1.807) is 6.07 Å². The van der Waals surface area contributed by atoms with E-state index in [0.717, 1.165) is 0 Å². The van der Waals surface area contributed by atoms with E-state index < -0.39 is 5.97 Å². The van der Waals surface area contributed by atoms with Gasteiger partial charge in [-0.3, -0.25) is 4.79 Å². The lowest BCUT2D eigenvalue weighted by molar-refractivity contribution is 0.0685. The molecule has 0 aliphatic carbocycles. The molecule has 0 atom stereocenters. The lowest BCUT2D eigenvalue weighted by atomic mass is 10.1. The molecule has 0 amide bonds. The van der Waals surface area contributed by atoms with Crippen LogP contribution in [0.1, 0.15) is 20.8 Å². The summed E-state index contributed by atoms with van der Waals surface area (Å²) in [7, 11) is 0. The van der Waals surface area contributed by atoms with Crippen LogP contribution in [0.4, 0.5) is 0 Å². The zero-order chi connectivity index (χ0) is 15.0. The first-order valence-corrected chi connectivity index (χ1v) is 6.68. The van der Waals surface area contributed by atoms with Crippen molar-refractivity contribution >= 4 is 28.2 Å². The van der Waals surface area contributed by atoms with Crippen LogP contribution in [0, 0.1) is 0 Å². The largest absolute Gasteiger partial charge is 0.485 e. The zero-order valence-electron chi connectivity index (χ0n) is 10.5. The molecule has 0 bridgehead atoms. The maximum absolute atomic E-state index is 11.1. The monoisotopic (exact) mass is 353 g/mol. The second-order valence-corrected chi connectivity index (χ2v) is 5.03. The van der Waals surface area contributed by atoms with Gasteiger partial charge in [0.25, 0.3) is 0 Å². The molecule has 0 unspecified atom stereocenters. The van der Waals surface area contributed by atoms with Gasteiger partial charge in [-0.05, 0) is 22.0 Å². The van der Waals surface area contributed by atoms with Crippen molar-refractivity contribution in [1.29, 1.82) is 0 Å². The molecule has 2 heterocycles. The van der Waals surface area contributed by atoms with E-state index in [0.29, 0.717) is 46.6 Å². The first-order valence-electron chi connectivity index (χ1n) is 5.89. The van der Waals surface area contributed by atoms with Gasteiger partial charge in [-0.25, -0.2) is 4.79 Å². The van der Waals surface area contributed by atoms with Gasteiger partial charge in [0.2, 0.25) is 0 Å². The van der Waals surface area contributed by atoms with Gasteiger partial charge in [0.1, 0.15) is 13.2 Å². The van der Waals surface area contributed by atoms with Crippen LogP contribution < -0.4 is 9.47 Å². The number of ether oxygens (including phenoxy) is 2. The normalized spacial score (nSPS) is 13.0. The Kier molecular flexibility index (Phi) is 3.38. The SMILES string of the molecule is O=Cc1cc(Br)c(-c2cc(C(=O)O)no2)c2c1OCCO2. The van der Waals surface area contributed by atoms with Crippen LogP contribution in [-0.4, -0.2) is 35.7 Å². The summed E-state index contributed by atoms with van der Waals surface area (Å²) in [5.74, 6) is -0.358. The number of aldehydes is 1. The Labute approximate surface area is 126 Å². The fraction of sp³-hybridized carbons (Fsp3) is 0.154. The third-order valence-electron chi connectivity index (χ3n) is 2.90. The van der Waals surface area contributed by atoms with Crippen molar-refractivity contribution in [1.82, 2.24) is 5.16 Å². The van der Waals surface area contributed by atoms with E-state index in [1.807, 2.05) is 0 Å². The molecule has 0 saturated carbocycles. The van der Waals surface area contributed by atoms with Gasteiger partial charge in [-0.1, -0.05) is 5.16 Å². The van der Waals surface area contributed by atoms with Crippen molar-refractivity contribution in [2.75, 3.05) is 13.2 Å². The van der Waals surface area contributed by atoms with Crippen LogP contribution in [0.25, 0.3) is 11.3 Å². The Morgan fingerprint density at radius 1 is 1.29 bits per heavy atom. The molecule has 0 radical (unpaired) electrons. The van der Waals surface area contributed by atoms with Gasteiger partial charge in [-0.15, -0.1) is 0 Å². The number of rotatable bonds is 3. The first kappa shape index (κ1) is 13.6. The second-order valence-electron chi connectivity index (χ2n) is 4.18. The van der Waals surface area contributed by atoms with Crippen LogP contribution in [-0.2, 0) is 0 Å². The molecule has 0 fully saturated rings. The first-order chi connectivity index (χ1) is 10.1. The number of carboxylic acids is 1. The number of carbonyl (C=O) groups excluding carboxylic acids is 1. The number of hydrogen-bond acceptors (Lipinski definition) is 6. The third kappa shape index (κ3) is 2.27. The van der Waals surface area contributed by atoms with Crippen LogP contribution in [0.2, 0.25) is 0 Å². The molecule has 0 spiro atoms. The molecular weight excluding hydrogens is 346 g/mol. The Balaban J connectivity index is 2.21. The van der Waals surface area contributed by atoms with E-state index in [9.17, 15) is 9.59 Å². The minimum Gasteiger partial charge on any atom is -0.485 e. The van der Waals surface area contributed by atoms with Crippen LogP contribution in [0.15, 0.2) is 21.1 Å². The van der Waals surface area contributed by atoms with E-state index in [-0.39, 0.29) is 11.5 Å². The Hall–Kier alpha value is -2.35. The van der Waals surface area contributed by atoms with Crippen molar-refractivity contribution in [2.45, 2.75) is 0 Å². The summed E-state index contributed by atoms with van der Waals surface area (Å²) >= 11 is 3.32. The molecule has 108 valence electrons. The highest BCUT2D eigenvalue weighted by atomic mass is 79.9. The number of halogens is 1. The summed E-state index contributed by atoms with van der Waals surface area (Å²) < 4.78 is 16.6. The Morgan fingerprint density at radius 3 is 2.62 bits per heavy atom. The van der Waals surface area contributed by atoms with Gasteiger partial charge >= 0.3 is 5.97 Å². The number of nitrogens with zero attached hydrogens (tertiary/aromatic N) is 1. The average Bonchev–Trinajstić information content (AvgIpc) is 2.96. The predicted molar refractivity (Wildman–Crippen MR) is 73.0 cm³/mol. The smallest absolute Gasteiger partial charge is 0.358 e. The molecule has 1 aliphatic heterocycles. The molecule has 1 aliphatic rings. The molecular formula is C13H8BrNO6. The number of carbonyl (C=O) groups is 2. The minimum atomic E-state index is -1.20. The minimum absolute atomic E-state index is 0.207. The van der Waals surface area contributed by atoms with Gasteiger partial charge in [0.15, 0.2) is 29.2 Å². The van der Waals surface area contributed by atoms with Crippen LogP contribution in [0.5, 0.6) is 11.5 Å². The molecule has 2 aromatic rings. The topological polar surface area (TPSA) is 98.9 Å². The number of benzene rings is 1. The van der Waals surface area contributed by atoms with E-state index in [1.165, 1.54) is 6.07 Å². The fourth-order valence-electron chi connectivity index (χ4n) is 2.01. The molecule has 21 heavy (non-hydrogen) atoms. The summed E-state index contributed by atoms with van der Waals surface area (Å²) in [6, 6.07) is 2.83. The Bertz CT molecular complexity index is 739. The van der Waals surface area contributed by atoms with Gasteiger partial charge in [0, 0.05) is 10.5 Å². The standard InChI is InChI=1S/C13H8BrNO6/c14-7-3-6(5-16)11-12(20-2-1-19-11)10(7)9-4-8(13(17)18)15-21-9/h3-5H,1-2H2,(H,17,18). The third-order valence-corrected chi connectivity index (χ3v) is 3.52. The fourth-order valence-corrected chi connectivity index (χ4v) is 2.63. The number of fused-ring (bicyclic) bond motifs is 1. The highest BCUT2D eigenvalue weighted by Gasteiger charge is 2.26. The average molecular weight is 354 g/mol. The summed E-state index contributed by atoms with van der Waals surface area (Å²) in [4.78, 5) is 22.0. The molecule has 0 saturated heterocycles. The number of aromatic nitrogens is 1. The highest BCUT2D eigenvalue weighted by Crippen LogP contribution is 2.46. The maximum atomic E-state index is 11.1.